The molecule has 11 heavy (non-hydrogen) atoms. The van der Waals surface area contributed by atoms with Crippen LogP contribution in [0.2, 0.25) is 0 Å². The Morgan fingerprint density at radius 3 is 2.64 bits per heavy atom. The molecular weight excluding hydrogens is 136 g/mol. The summed E-state index contributed by atoms with van der Waals surface area (Å²) < 4.78 is 0. The molecule has 1 nitrogen and oxygen atoms in total. The van der Waals surface area contributed by atoms with Crippen molar-refractivity contribution in [3.05, 3.63) is 0 Å². The maximum absolute atomic E-state index is 9.49. The van der Waals surface area contributed by atoms with E-state index in [1.165, 1.54) is 19.3 Å². The molecule has 0 aromatic rings. The van der Waals surface area contributed by atoms with Crippen molar-refractivity contribution in [3.8, 4) is 0 Å². The van der Waals surface area contributed by atoms with E-state index in [2.05, 4.69) is 6.92 Å². The smallest absolute Gasteiger partial charge is 0.0543 e. The van der Waals surface area contributed by atoms with E-state index in [9.17, 15) is 5.11 Å². The fraction of sp³-hybridized carbons (Fsp3) is 1.00. The van der Waals surface area contributed by atoms with Crippen LogP contribution in [0.1, 0.15) is 33.1 Å². The summed E-state index contributed by atoms with van der Waals surface area (Å²) in [5.41, 5.74) is 0. The molecule has 2 rings (SSSR count). The summed E-state index contributed by atoms with van der Waals surface area (Å²) in [5, 5.41) is 9.49. The number of rotatable bonds is 2. The van der Waals surface area contributed by atoms with Crippen molar-refractivity contribution in [2.45, 2.75) is 39.2 Å². The zero-order valence-electron chi connectivity index (χ0n) is 7.46. The third-order valence-corrected chi connectivity index (χ3v) is 3.74. The summed E-state index contributed by atoms with van der Waals surface area (Å²) in [6.07, 6.45) is 3.98. The van der Waals surface area contributed by atoms with E-state index >= 15 is 0 Å². The topological polar surface area (TPSA) is 20.2 Å². The van der Waals surface area contributed by atoms with Gasteiger partial charge in [-0.2, -0.15) is 0 Å². The highest BCUT2D eigenvalue weighted by molar-refractivity contribution is 5.02. The Balaban J connectivity index is 2.01. The fourth-order valence-electron chi connectivity index (χ4n) is 3.07. The normalized spacial score (nSPS) is 50.5. The van der Waals surface area contributed by atoms with Crippen molar-refractivity contribution < 1.29 is 5.11 Å². The lowest BCUT2D eigenvalue weighted by Gasteiger charge is -2.23. The minimum absolute atomic E-state index is 0.0623. The minimum Gasteiger partial charge on any atom is -0.393 e. The number of hydrogen-bond acceptors (Lipinski definition) is 1. The van der Waals surface area contributed by atoms with E-state index in [1.54, 1.807) is 0 Å². The van der Waals surface area contributed by atoms with E-state index in [0.717, 1.165) is 17.8 Å². The van der Waals surface area contributed by atoms with Crippen LogP contribution in [-0.2, 0) is 0 Å². The highest BCUT2D eigenvalue weighted by atomic mass is 16.3. The van der Waals surface area contributed by atoms with Gasteiger partial charge >= 0.3 is 0 Å². The van der Waals surface area contributed by atoms with Crippen LogP contribution in [0.15, 0.2) is 0 Å². The van der Waals surface area contributed by atoms with Crippen LogP contribution in [0, 0.1) is 23.7 Å². The highest BCUT2D eigenvalue weighted by Crippen LogP contribution is 2.59. The van der Waals surface area contributed by atoms with Gasteiger partial charge in [-0.05, 0) is 43.4 Å². The third-order valence-electron chi connectivity index (χ3n) is 3.74. The molecule has 1 N–H and O–H groups in total. The molecule has 0 aromatic carbocycles. The molecule has 1 heteroatoms. The van der Waals surface area contributed by atoms with Gasteiger partial charge in [-0.15, -0.1) is 0 Å². The third kappa shape index (κ3) is 1.10. The van der Waals surface area contributed by atoms with Crippen LogP contribution >= 0.6 is 0 Å². The summed E-state index contributed by atoms with van der Waals surface area (Å²) >= 11 is 0. The maximum Gasteiger partial charge on any atom is 0.0543 e. The Kier molecular flexibility index (Phi) is 1.71. The van der Waals surface area contributed by atoms with E-state index < -0.39 is 0 Å². The van der Waals surface area contributed by atoms with E-state index in [0.29, 0.717) is 5.92 Å². The molecule has 0 aliphatic heterocycles. The fourth-order valence-corrected chi connectivity index (χ4v) is 3.07. The van der Waals surface area contributed by atoms with Gasteiger partial charge in [0.1, 0.15) is 0 Å². The average molecular weight is 154 g/mol. The first kappa shape index (κ1) is 7.60. The molecule has 2 saturated carbocycles. The summed E-state index contributed by atoms with van der Waals surface area (Å²) in [7, 11) is 0. The molecular formula is C10H18O. The second kappa shape index (κ2) is 2.48. The van der Waals surface area contributed by atoms with Gasteiger partial charge in [-0.25, -0.2) is 0 Å². The maximum atomic E-state index is 9.49. The van der Waals surface area contributed by atoms with Gasteiger partial charge in [-0.3, -0.25) is 0 Å². The molecule has 0 radical (unpaired) electrons. The Morgan fingerprint density at radius 1 is 1.45 bits per heavy atom. The molecule has 0 aromatic heterocycles. The number of aliphatic hydroxyl groups excluding tert-OH is 1. The predicted octanol–water partition coefficient (Wildman–Crippen LogP) is 2.05. The first-order valence-corrected chi connectivity index (χ1v) is 4.92. The lowest BCUT2D eigenvalue weighted by molar-refractivity contribution is 0.0891. The summed E-state index contributed by atoms with van der Waals surface area (Å²) in [5.74, 6) is 3.47. The highest BCUT2D eigenvalue weighted by Gasteiger charge is 2.53. The van der Waals surface area contributed by atoms with Crippen molar-refractivity contribution in [1.29, 1.82) is 0 Å². The van der Waals surface area contributed by atoms with Crippen molar-refractivity contribution >= 4 is 0 Å². The quantitative estimate of drug-likeness (QED) is 0.645. The van der Waals surface area contributed by atoms with Gasteiger partial charge in [-0.1, -0.05) is 13.3 Å². The van der Waals surface area contributed by atoms with Gasteiger partial charge in [0.2, 0.25) is 0 Å². The van der Waals surface area contributed by atoms with E-state index in [4.69, 9.17) is 0 Å². The monoisotopic (exact) mass is 154 g/mol. The predicted molar refractivity (Wildman–Crippen MR) is 45.2 cm³/mol. The second-order valence-electron chi connectivity index (χ2n) is 4.37. The molecule has 2 aliphatic carbocycles. The van der Waals surface area contributed by atoms with Crippen molar-refractivity contribution in [2.75, 3.05) is 0 Å². The van der Waals surface area contributed by atoms with Gasteiger partial charge in [0, 0.05) is 0 Å². The van der Waals surface area contributed by atoms with Crippen molar-refractivity contribution in [2.24, 2.45) is 23.7 Å². The van der Waals surface area contributed by atoms with Crippen LogP contribution in [0.3, 0.4) is 0 Å². The van der Waals surface area contributed by atoms with Gasteiger partial charge in [0.05, 0.1) is 6.10 Å². The Morgan fingerprint density at radius 2 is 2.18 bits per heavy atom. The Hall–Kier alpha value is -0.0400. The Bertz CT molecular complexity index is 153. The molecule has 2 aliphatic rings. The van der Waals surface area contributed by atoms with Crippen molar-refractivity contribution in [1.82, 2.24) is 0 Å². The minimum atomic E-state index is -0.0623. The first-order valence-electron chi connectivity index (χ1n) is 4.92. The summed E-state index contributed by atoms with van der Waals surface area (Å²) in [6.45, 7) is 4.22. The standard InChI is InChI=1S/C10H18O/c1-3-8-9(6(2)11)4-7-5-10(7)8/h6-11H,3-5H2,1-2H3. The molecule has 0 heterocycles. The Labute approximate surface area is 68.8 Å². The van der Waals surface area contributed by atoms with Gasteiger partial charge in [0.15, 0.2) is 0 Å². The average Bonchev–Trinajstić information content (AvgIpc) is 2.63. The molecule has 0 saturated heterocycles. The van der Waals surface area contributed by atoms with E-state index in [1.807, 2.05) is 6.92 Å². The second-order valence-corrected chi connectivity index (χ2v) is 4.37. The number of hydrogen-bond donors (Lipinski definition) is 1. The molecule has 64 valence electrons. The molecule has 0 amide bonds. The van der Waals surface area contributed by atoms with Crippen LogP contribution in [0.5, 0.6) is 0 Å². The van der Waals surface area contributed by atoms with Crippen LogP contribution in [0.25, 0.3) is 0 Å². The molecule has 0 spiro atoms. The summed E-state index contributed by atoms with van der Waals surface area (Å²) in [6, 6.07) is 0. The van der Waals surface area contributed by atoms with Crippen LogP contribution in [0.4, 0.5) is 0 Å². The van der Waals surface area contributed by atoms with Gasteiger partial charge < -0.3 is 5.11 Å². The van der Waals surface area contributed by atoms with Gasteiger partial charge in [0.25, 0.3) is 0 Å². The van der Waals surface area contributed by atoms with Crippen LogP contribution in [-0.4, -0.2) is 11.2 Å². The lowest BCUT2D eigenvalue weighted by Crippen LogP contribution is -2.23. The molecule has 5 unspecified atom stereocenters. The zero-order chi connectivity index (χ0) is 8.01. The molecule has 0 bridgehead atoms. The SMILES string of the molecule is CCC1C(C(C)O)CC2CC21. The van der Waals surface area contributed by atoms with Crippen LogP contribution < -0.4 is 0 Å². The number of aliphatic hydroxyl groups is 1. The number of fused-ring (bicyclic) bond motifs is 1. The first-order chi connectivity index (χ1) is 5.24. The molecule has 2 fully saturated rings. The van der Waals surface area contributed by atoms with E-state index in [-0.39, 0.29) is 6.10 Å². The summed E-state index contributed by atoms with van der Waals surface area (Å²) in [4.78, 5) is 0. The molecule has 5 atom stereocenters. The van der Waals surface area contributed by atoms with Crippen molar-refractivity contribution in [3.63, 3.8) is 0 Å². The largest absolute Gasteiger partial charge is 0.393 e. The lowest BCUT2D eigenvalue weighted by atomic mass is 9.85. The zero-order valence-corrected chi connectivity index (χ0v) is 7.46.